The summed E-state index contributed by atoms with van der Waals surface area (Å²) in [7, 11) is -3.04. The fourth-order valence-corrected chi connectivity index (χ4v) is 8.84. The Hall–Kier alpha value is -6.22. The molecule has 0 radical (unpaired) electrons. The molecule has 0 spiro atoms. The van der Waals surface area contributed by atoms with Crippen molar-refractivity contribution in [3.63, 3.8) is 0 Å². The first-order valence-electron chi connectivity index (χ1n) is 16.6. The van der Waals surface area contributed by atoms with E-state index in [1.807, 2.05) is 121 Å². The average molecular weight is 662 g/mol. The summed E-state index contributed by atoms with van der Waals surface area (Å²) in [6.07, 6.45) is 0. The van der Waals surface area contributed by atoms with E-state index in [0.717, 1.165) is 54.9 Å². The first-order chi connectivity index (χ1) is 24.6. The number of hydrogen-bond acceptors (Lipinski definition) is 4. The highest BCUT2D eigenvalue weighted by Gasteiger charge is 2.29. The van der Waals surface area contributed by atoms with Crippen LogP contribution in [0.4, 0.5) is 0 Å². The van der Waals surface area contributed by atoms with Crippen LogP contribution in [-0.2, 0) is 4.57 Å². The smallest absolute Gasteiger partial charge is 0.171 e. The van der Waals surface area contributed by atoms with Crippen LogP contribution in [0.5, 0.6) is 0 Å². The molecule has 0 aliphatic heterocycles. The maximum atomic E-state index is 14.8. The lowest BCUT2D eigenvalue weighted by Crippen LogP contribution is -2.24. The van der Waals surface area contributed by atoms with Crippen molar-refractivity contribution in [2.24, 2.45) is 0 Å². The minimum Gasteiger partial charge on any atom is -0.309 e. The van der Waals surface area contributed by atoms with Crippen molar-refractivity contribution < 1.29 is 4.57 Å². The van der Waals surface area contributed by atoms with E-state index in [2.05, 4.69) is 72.8 Å². The Balaban J connectivity index is 1.12. The first-order valence-corrected chi connectivity index (χ1v) is 18.3. The summed E-state index contributed by atoms with van der Waals surface area (Å²) in [6.45, 7) is 0. The summed E-state index contributed by atoms with van der Waals surface area (Å²) < 4.78 is 14.8. The van der Waals surface area contributed by atoms with Crippen molar-refractivity contribution >= 4 is 23.1 Å². The van der Waals surface area contributed by atoms with Crippen molar-refractivity contribution in [2.45, 2.75) is 0 Å². The summed E-state index contributed by atoms with van der Waals surface area (Å²) in [5, 5.41) is 2.45. The molecule has 0 saturated heterocycles. The lowest BCUT2D eigenvalue weighted by molar-refractivity contribution is 0.592. The third kappa shape index (κ3) is 6.21. The fourth-order valence-electron chi connectivity index (χ4n) is 6.19. The molecule has 1 aromatic heterocycles. The van der Waals surface area contributed by atoms with E-state index in [9.17, 15) is 4.57 Å². The van der Waals surface area contributed by atoms with E-state index in [0.29, 0.717) is 17.5 Å². The Morgan fingerprint density at radius 2 is 0.500 bits per heavy atom. The van der Waals surface area contributed by atoms with Gasteiger partial charge in [-0.25, -0.2) is 15.0 Å². The predicted molar refractivity (Wildman–Crippen MR) is 206 cm³/mol. The normalized spacial score (nSPS) is 11.3. The summed E-state index contributed by atoms with van der Waals surface area (Å²) >= 11 is 0. The SMILES string of the molecule is O=P(c1ccccc1)(c1ccccc1)c1ccc(-c2ccc(-c3nc(-c4ccccc4)nc(-c4ccc(-c5ccccc5)cc4)n3)cc2)cc1. The zero-order valence-electron chi connectivity index (χ0n) is 27.2. The molecule has 0 aliphatic rings. The van der Waals surface area contributed by atoms with Crippen LogP contribution in [0, 0.1) is 0 Å². The van der Waals surface area contributed by atoms with Gasteiger partial charge >= 0.3 is 0 Å². The fraction of sp³-hybridized carbons (Fsp3) is 0. The molecule has 0 saturated carbocycles. The highest BCUT2D eigenvalue weighted by atomic mass is 31.2. The van der Waals surface area contributed by atoms with Crippen molar-refractivity contribution in [3.05, 3.63) is 194 Å². The Kier molecular flexibility index (Phi) is 8.53. The van der Waals surface area contributed by atoms with E-state index in [4.69, 9.17) is 15.0 Å². The molecule has 238 valence electrons. The van der Waals surface area contributed by atoms with E-state index in [1.165, 1.54) is 0 Å². The maximum Gasteiger partial charge on any atom is 0.171 e. The molecule has 4 nitrogen and oxygen atoms in total. The van der Waals surface area contributed by atoms with E-state index >= 15 is 0 Å². The molecule has 0 unspecified atom stereocenters. The van der Waals surface area contributed by atoms with Gasteiger partial charge in [-0.2, -0.15) is 0 Å². The van der Waals surface area contributed by atoms with Gasteiger partial charge in [0.2, 0.25) is 0 Å². The molecule has 0 N–H and O–H groups in total. The lowest BCUT2D eigenvalue weighted by Gasteiger charge is -2.20. The van der Waals surface area contributed by atoms with Gasteiger partial charge < -0.3 is 4.57 Å². The second-order valence-corrected chi connectivity index (χ2v) is 14.8. The number of aromatic nitrogens is 3. The highest BCUT2D eigenvalue weighted by molar-refractivity contribution is 7.85. The highest BCUT2D eigenvalue weighted by Crippen LogP contribution is 2.42. The molecule has 0 fully saturated rings. The third-order valence-electron chi connectivity index (χ3n) is 8.86. The van der Waals surface area contributed by atoms with E-state index in [-0.39, 0.29) is 0 Å². The van der Waals surface area contributed by atoms with Gasteiger partial charge in [-0.3, -0.25) is 0 Å². The predicted octanol–water partition coefficient (Wildman–Crippen LogP) is 9.85. The van der Waals surface area contributed by atoms with Crippen LogP contribution in [0.2, 0.25) is 0 Å². The molecular formula is C45H32N3OP. The Morgan fingerprint density at radius 1 is 0.260 bits per heavy atom. The zero-order valence-corrected chi connectivity index (χ0v) is 28.1. The van der Waals surface area contributed by atoms with Gasteiger partial charge in [0.05, 0.1) is 0 Å². The minimum absolute atomic E-state index is 0.606. The topological polar surface area (TPSA) is 55.7 Å². The van der Waals surface area contributed by atoms with E-state index in [1.54, 1.807) is 0 Å². The number of benzene rings is 7. The van der Waals surface area contributed by atoms with Gasteiger partial charge in [0, 0.05) is 32.6 Å². The van der Waals surface area contributed by atoms with Crippen LogP contribution in [0.25, 0.3) is 56.4 Å². The van der Waals surface area contributed by atoms with Crippen LogP contribution in [-0.4, -0.2) is 15.0 Å². The third-order valence-corrected chi connectivity index (χ3v) is 11.9. The maximum absolute atomic E-state index is 14.8. The summed E-state index contributed by atoms with van der Waals surface area (Å²) in [4.78, 5) is 14.8. The first kappa shape index (κ1) is 31.1. The van der Waals surface area contributed by atoms with Gasteiger partial charge in [-0.1, -0.05) is 194 Å². The monoisotopic (exact) mass is 661 g/mol. The number of rotatable bonds is 8. The lowest BCUT2D eigenvalue weighted by atomic mass is 10.0. The van der Waals surface area contributed by atoms with Gasteiger partial charge in [-0.05, 0) is 22.3 Å². The van der Waals surface area contributed by atoms with Gasteiger partial charge in [0.25, 0.3) is 0 Å². The van der Waals surface area contributed by atoms with E-state index < -0.39 is 7.14 Å². The van der Waals surface area contributed by atoms with Crippen molar-refractivity contribution in [3.8, 4) is 56.4 Å². The number of hydrogen-bond donors (Lipinski definition) is 0. The molecule has 7 aromatic carbocycles. The van der Waals surface area contributed by atoms with Crippen LogP contribution >= 0.6 is 7.14 Å². The van der Waals surface area contributed by atoms with Gasteiger partial charge in [-0.15, -0.1) is 0 Å². The number of nitrogens with zero attached hydrogens (tertiary/aromatic N) is 3. The van der Waals surface area contributed by atoms with Crippen LogP contribution in [0.15, 0.2) is 194 Å². The molecular weight excluding hydrogens is 629 g/mol. The Bertz CT molecular complexity index is 2360. The van der Waals surface area contributed by atoms with Crippen LogP contribution < -0.4 is 15.9 Å². The largest absolute Gasteiger partial charge is 0.309 e. The van der Waals surface area contributed by atoms with Crippen LogP contribution in [0.3, 0.4) is 0 Å². The second kappa shape index (κ2) is 13.7. The van der Waals surface area contributed by atoms with Crippen molar-refractivity contribution in [2.75, 3.05) is 0 Å². The van der Waals surface area contributed by atoms with Crippen molar-refractivity contribution in [1.82, 2.24) is 15.0 Å². The zero-order chi connectivity index (χ0) is 33.8. The van der Waals surface area contributed by atoms with Crippen LogP contribution in [0.1, 0.15) is 0 Å². The molecule has 8 rings (SSSR count). The Morgan fingerprint density at radius 3 is 0.880 bits per heavy atom. The minimum atomic E-state index is -3.04. The Labute approximate surface area is 292 Å². The molecule has 0 aliphatic carbocycles. The van der Waals surface area contributed by atoms with Crippen molar-refractivity contribution in [1.29, 1.82) is 0 Å². The summed E-state index contributed by atoms with van der Waals surface area (Å²) in [5.74, 6) is 1.85. The van der Waals surface area contributed by atoms with Gasteiger partial charge in [0.15, 0.2) is 24.6 Å². The molecule has 1 heterocycles. The molecule has 0 bridgehead atoms. The molecule has 8 aromatic rings. The molecule has 50 heavy (non-hydrogen) atoms. The van der Waals surface area contributed by atoms with Gasteiger partial charge in [0.1, 0.15) is 0 Å². The standard InChI is InChI=1S/C45H32N3OP/c49-50(40-17-9-3-10-18-40,41-19-11-4-12-20-41)42-31-29-36(30-32-42)35-23-27-39(28-24-35)45-47-43(37-15-7-2-8-16-37)46-44(48-45)38-25-21-34(22-26-38)33-13-5-1-6-14-33/h1-32H. The quantitative estimate of drug-likeness (QED) is 0.152. The summed E-state index contributed by atoms with van der Waals surface area (Å²) in [6, 6.07) is 64.5. The average Bonchev–Trinajstić information content (AvgIpc) is 3.22. The molecule has 0 amide bonds. The molecule has 5 heteroatoms. The molecule has 0 atom stereocenters. The summed E-state index contributed by atoms with van der Waals surface area (Å²) in [5.41, 5.74) is 7.12. The second-order valence-electron chi connectivity index (χ2n) is 12.0.